The zero-order valence-electron chi connectivity index (χ0n) is 26.5. The van der Waals surface area contributed by atoms with Gasteiger partial charge < -0.3 is 24.5 Å². The number of para-hydroxylation sites is 1. The van der Waals surface area contributed by atoms with Crippen molar-refractivity contribution in [3.8, 4) is 0 Å². The monoisotopic (exact) mass is 653 g/mol. The molecule has 3 amide bonds. The van der Waals surface area contributed by atoms with Gasteiger partial charge in [-0.25, -0.2) is 0 Å². The topological polar surface area (TPSA) is 90.4 Å². The second-order valence-corrected chi connectivity index (χ2v) is 13.2. The molecular formula is C38H40ClN3O5. The van der Waals surface area contributed by atoms with Crippen LogP contribution in [0.25, 0.3) is 0 Å². The van der Waals surface area contributed by atoms with Gasteiger partial charge in [-0.2, -0.15) is 0 Å². The maximum Gasteiger partial charge on any atom is 0.253 e. The lowest BCUT2D eigenvalue weighted by Crippen LogP contribution is -2.59. The molecule has 2 bridgehead atoms. The van der Waals surface area contributed by atoms with Gasteiger partial charge in [0.1, 0.15) is 11.6 Å². The fourth-order valence-corrected chi connectivity index (χ4v) is 8.12. The van der Waals surface area contributed by atoms with E-state index in [0.717, 1.165) is 5.56 Å². The van der Waals surface area contributed by atoms with Crippen LogP contribution in [0.1, 0.15) is 25.3 Å². The van der Waals surface area contributed by atoms with Crippen LogP contribution < -0.4 is 9.80 Å². The van der Waals surface area contributed by atoms with Gasteiger partial charge >= 0.3 is 0 Å². The molecule has 6 atom stereocenters. The quantitative estimate of drug-likeness (QED) is 0.263. The highest BCUT2D eigenvalue weighted by atomic mass is 35.5. The zero-order chi connectivity index (χ0) is 33.3. The molecule has 0 aromatic heterocycles. The van der Waals surface area contributed by atoms with Crippen LogP contribution in [0.3, 0.4) is 0 Å². The number of anilines is 2. The minimum atomic E-state index is -1.28. The van der Waals surface area contributed by atoms with Gasteiger partial charge in [0.25, 0.3) is 5.91 Å². The lowest BCUT2D eigenvalue weighted by molar-refractivity contribution is -0.148. The van der Waals surface area contributed by atoms with Gasteiger partial charge in [-0.15, -0.1) is 13.2 Å². The van der Waals surface area contributed by atoms with Crippen molar-refractivity contribution < 1.29 is 24.2 Å². The van der Waals surface area contributed by atoms with E-state index in [1.54, 1.807) is 46.2 Å². The molecule has 47 heavy (non-hydrogen) atoms. The molecule has 3 aliphatic rings. The Bertz CT molecular complexity index is 1650. The Hall–Kier alpha value is -4.24. The summed E-state index contributed by atoms with van der Waals surface area (Å²) in [5.41, 5.74) is -0.0802. The van der Waals surface area contributed by atoms with Gasteiger partial charge in [-0.3, -0.25) is 14.4 Å². The average Bonchev–Trinajstić information content (AvgIpc) is 3.66. The number of aliphatic hydroxyl groups excluding tert-OH is 1. The van der Waals surface area contributed by atoms with Crippen LogP contribution in [0, 0.1) is 11.8 Å². The van der Waals surface area contributed by atoms with E-state index >= 15 is 0 Å². The minimum absolute atomic E-state index is 0.170. The van der Waals surface area contributed by atoms with Crippen molar-refractivity contribution in [1.82, 2.24) is 4.90 Å². The Morgan fingerprint density at radius 2 is 1.51 bits per heavy atom. The number of carbonyl (C=O) groups is 3. The normalized spacial score (nSPS) is 26.5. The van der Waals surface area contributed by atoms with Crippen LogP contribution in [0.2, 0.25) is 5.02 Å². The smallest absolute Gasteiger partial charge is 0.253 e. The SMILES string of the molecule is C=CCN(C(=O)C1N([C@@H](CO)Cc2ccccc2)C(=O)[C@@H]2[C@@H](C(=O)N(CC=C)c3ccccc3)[C@@]3(C)CCC12O3)c1ccc(Cl)cc1. The molecule has 3 saturated heterocycles. The van der Waals surface area contributed by atoms with Gasteiger partial charge in [0.15, 0.2) is 0 Å². The van der Waals surface area contributed by atoms with Crippen molar-refractivity contribution >= 4 is 40.7 Å². The van der Waals surface area contributed by atoms with E-state index in [-0.39, 0.29) is 37.4 Å². The second kappa shape index (κ2) is 13.1. The molecule has 8 nitrogen and oxygen atoms in total. The molecule has 9 heteroatoms. The first-order valence-electron chi connectivity index (χ1n) is 16.0. The van der Waals surface area contributed by atoms with Gasteiger partial charge in [0.05, 0.1) is 30.1 Å². The number of carbonyl (C=O) groups excluding carboxylic acids is 3. The number of aliphatic hydroxyl groups is 1. The van der Waals surface area contributed by atoms with Gasteiger partial charge in [-0.1, -0.05) is 72.3 Å². The number of hydrogen-bond donors (Lipinski definition) is 1. The van der Waals surface area contributed by atoms with Gasteiger partial charge in [0, 0.05) is 29.5 Å². The molecule has 3 aliphatic heterocycles. The van der Waals surface area contributed by atoms with Crippen molar-refractivity contribution in [2.24, 2.45) is 11.8 Å². The molecule has 1 N–H and O–H groups in total. The largest absolute Gasteiger partial charge is 0.394 e. The summed E-state index contributed by atoms with van der Waals surface area (Å²) in [6, 6.07) is 23.9. The maximum atomic E-state index is 15.0. The third-order valence-electron chi connectivity index (χ3n) is 9.99. The highest BCUT2D eigenvalue weighted by Crippen LogP contribution is 2.64. The number of hydrogen-bond acceptors (Lipinski definition) is 5. The summed E-state index contributed by atoms with van der Waals surface area (Å²) in [5, 5.41) is 11.4. The standard InChI is InChI=1S/C38H40ClN3O5/c1-4-22-40(28-14-10-7-11-15-28)34(44)31-32-35(45)42(30(25-43)24-26-12-8-6-9-13-26)33(38(32)21-20-37(31,3)47-38)36(46)41(23-5-2)29-18-16-27(39)17-19-29/h4-19,30-33,43H,1-2,20-25H2,3H3/t30-,31+,32+,33?,37-,38?/m1/s1. The molecule has 244 valence electrons. The molecule has 0 aliphatic carbocycles. The number of amides is 3. The molecular weight excluding hydrogens is 614 g/mol. The minimum Gasteiger partial charge on any atom is -0.394 e. The summed E-state index contributed by atoms with van der Waals surface area (Å²) < 4.78 is 6.92. The van der Waals surface area contributed by atoms with Gasteiger partial charge in [0.2, 0.25) is 11.8 Å². The van der Waals surface area contributed by atoms with Crippen molar-refractivity contribution in [1.29, 1.82) is 0 Å². The number of nitrogens with zero attached hydrogens (tertiary/aromatic N) is 3. The Labute approximate surface area is 280 Å². The van der Waals surface area contributed by atoms with Crippen molar-refractivity contribution in [3.63, 3.8) is 0 Å². The van der Waals surface area contributed by atoms with E-state index in [9.17, 15) is 19.5 Å². The number of ether oxygens (including phenoxy) is 1. The third-order valence-corrected chi connectivity index (χ3v) is 10.2. The molecule has 0 saturated carbocycles. The van der Waals surface area contributed by atoms with Crippen molar-refractivity contribution in [2.45, 2.75) is 49.5 Å². The molecule has 3 fully saturated rings. The van der Waals surface area contributed by atoms with E-state index in [0.29, 0.717) is 35.7 Å². The summed E-state index contributed by atoms with van der Waals surface area (Å²) in [6.07, 6.45) is 4.51. The number of halogens is 1. The van der Waals surface area contributed by atoms with E-state index < -0.39 is 35.1 Å². The Morgan fingerprint density at radius 1 is 0.936 bits per heavy atom. The number of rotatable bonds is 12. The average molecular weight is 654 g/mol. The second-order valence-electron chi connectivity index (χ2n) is 12.8. The Morgan fingerprint density at radius 3 is 2.11 bits per heavy atom. The van der Waals surface area contributed by atoms with Crippen LogP contribution in [0.5, 0.6) is 0 Å². The third kappa shape index (κ3) is 5.58. The van der Waals surface area contributed by atoms with Crippen LogP contribution in [0.15, 0.2) is 110 Å². The van der Waals surface area contributed by atoms with Gasteiger partial charge in [-0.05, 0) is 68.1 Å². The van der Waals surface area contributed by atoms with Crippen LogP contribution in [-0.4, -0.2) is 70.7 Å². The maximum absolute atomic E-state index is 15.0. The molecule has 3 heterocycles. The Balaban J connectivity index is 1.47. The summed E-state index contributed by atoms with van der Waals surface area (Å²) in [7, 11) is 0. The van der Waals surface area contributed by atoms with Crippen LogP contribution in [-0.2, 0) is 25.5 Å². The molecule has 6 rings (SSSR count). The zero-order valence-corrected chi connectivity index (χ0v) is 27.3. The van der Waals surface area contributed by atoms with E-state index in [2.05, 4.69) is 13.2 Å². The summed E-state index contributed by atoms with van der Waals surface area (Å²) in [5.74, 6) is -2.77. The first-order valence-corrected chi connectivity index (χ1v) is 16.4. The molecule has 0 radical (unpaired) electrons. The summed E-state index contributed by atoms with van der Waals surface area (Å²) >= 11 is 6.19. The highest BCUT2D eigenvalue weighted by molar-refractivity contribution is 6.30. The molecule has 3 aromatic rings. The fraction of sp³-hybridized carbons (Fsp3) is 0.342. The van der Waals surface area contributed by atoms with Crippen LogP contribution in [0.4, 0.5) is 11.4 Å². The molecule has 2 unspecified atom stereocenters. The summed E-state index contributed by atoms with van der Waals surface area (Å²) in [4.78, 5) is 49.4. The lowest BCUT2D eigenvalue weighted by Gasteiger charge is -2.39. The number of likely N-dealkylation sites (tertiary alicyclic amines) is 1. The first kappa shape index (κ1) is 32.7. The lowest BCUT2D eigenvalue weighted by atomic mass is 9.66. The van der Waals surface area contributed by atoms with E-state index in [1.807, 2.05) is 67.6 Å². The molecule has 3 aromatic carbocycles. The number of benzene rings is 3. The predicted molar refractivity (Wildman–Crippen MR) is 183 cm³/mol. The van der Waals surface area contributed by atoms with Crippen LogP contribution >= 0.6 is 11.6 Å². The van der Waals surface area contributed by atoms with Crippen molar-refractivity contribution in [2.75, 3.05) is 29.5 Å². The molecule has 1 spiro atoms. The van der Waals surface area contributed by atoms with Crippen molar-refractivity contribution in [3.05, 3.63) is 121 Å². The van der Waals surface area contributed by atoms with E-state index in [4.69, 9.17) is 16.3 Å². The summed E-state index contributed by atoms with van der Waals surface area (Å²) in [6.45, 7) is 9.68. The number of fused-ring (bicyclic) bond motifs is 1. The van der Waals surface area contributed by atoms with E-state index in [1.165, 1.54) is 4.90 Å². The fourth-order valence-electron chi connectivity index (χ4n) is 8.00. The Kier molecular flexibility index (Phi) is 9.12. The highest BCUT2D eigenvalue weighted by Gasteiger charge is 2.79. The predicted octanol–water partition coefficient (Wildman–Crippen LogP) is 5.45. The first-order chi connectivity index (χ1) is 22.7.